The van der Waals surface area contributed by atoms with Gasteiger partial charge in [0, 0.05) is 44.0 Å². The second kappa shape index (κ2) is 8.62. The van der Waals surface area contributed by atoms with Crippen LogP contribution in [0.4, 0.5) is 11.4 Å². The van der Waals surface area contributed by atoms with Crippen molar-refractivity contribution in [3.63, 3.8) is 0 Å². The summed E-state index contributed by atoms with van der Waals surface area (Å²) < 4.78 is 0. The van der Waals surface area contributed by atoms with Gasteiger partial charge in [0.1, 0.15) is 0 Å². The quantitative estimate of drug-likeness (QED) is 0.813. The Kier molecular flexibility index (Phi) is 6.27. The van der Waals surface area contributed by atoms with Crippen LogP contribution in [-0.2, 0) is 9.59 Å². The number of hydrogen-bond acceptors (Lipinski definition) is 3. The molecule has 0 atom stereocenters. The van der Waals surface area contributed by atoms with E-state index in [1.807, 2.05) is 0 Å². The summed E-state index contributed by atoms with van der Waals surface area (Å²) in [5.41, 5.74) is 2.59. The fourth-order valence-electron chi connectivity index (χ4n) is 2.23. The molecule has 0 aromatic heterocycles. The maximum absolute atomic E-state index is 12.0. The minimum atomic E-state index is -0.293. The Labute approximate surface area is 152 Å². The Hall–Kier alpha value is -3.41. The number of benzene rings is 2. The third kappa shape index (κ3) is 5.59. The van der Waals surface area contributed by atoms with E-state index >= 15 is 0 Å². The molecule has 0 saturated carbocycles. The van der Waals surface area contributed by atoms with Crippen LogP contribution in [-0.4, -0.2) is 36.7 Å². The standard InChI is InChI=1S/C20H21N3O3/c1-14(24)21-17-5-4-6-18(13-17)22-19(25)12-9-15-7-10-16(11-8-15)20(26)23(2)3/h4-13H,1-3H3,(H,21,24)(H,22,25)/b12-9+. The fourth-order valence-corrected chi connectivity index (χ4v) is 2.23. The maximum Gasteiger partial charge on any atom is 0.253 e. The lowest BCUT2D eigenvalue weighted by molar-refractivity contribution is -0.114. The molecule has 2 aromatic carbocycles. The average molecular weight is 351 g/mol. The molecule has 0 heterocycles. The van der Waals surface area contributed by atoms with E-state index in [2.05, 4.69) is 10.6 Å². The van der Waals surface area contributed by atoms with Crippen molar-refractivity contribution >= 4 is 35.2 Å². The molecule has 0 saturated heterocycles. The first-order valence-electron chi connectivity index (χ1n) is 8.03. The second-order valence-corrected chi connectivity index (χ2v) is 5.91. The highest BCUT2D eigenvalue weighted by Gasteiger charge is 2.06. The van der Waals surface area contributed by atoms with Gasteiger partial charge in [0.25, 0.3) is 5.91 Å². The van der Waals surface area contributed by atoms with Gasteiger partial charge in [-0.15, -0.1) is 0 Å². The van der Waals surface area contributed by atoms with E-state index in [1.54, 1.807) is 68.7 Å². The number of rotatable bonds is 5. The molecule has 2 rings (SSSR count). The molecular weight excluding hydrogens is 330 g/mol. The highest BCUT2D eigenvalue weighted by molar-refractivity contribution is 6.02. The molecule has 26 heavy (non-hydrogen) atoms. The molecule has 0 radical (unpaired) electrons. The van der Waals surface area contributed by atoms with Crippen LogP contribution in [0.5, 0.6) is 0 Å². The summed E-state index contributed by atoms with van der Waals surface area (Å²) in [6, 6.07) is 13.9. The molecule has 6 nitrogen and oxygen atoms in total. The molecule has 0 aliphatic heterocycles. The Morgan fingerprint density at radius 1 is 0.923 bits per heavy atom. The van der Waals surface area contributed by atoms with Crippen molar-refractivity contribution in [1.82, 2.24) is 4.90 Å². The summed E-state index contributed by atoms with van der Waals surface area (Å²) in [4.78, 5) is 36.5. The van der Waals surface area contributed by atoms with Gasteiger partial charge in [-0.25, -0.2) is 0 Å². The number of hydrogen-bond donors (Lipinski definition) is 2. The maximum atomic E-state index is 12.0. The van der Waals surface area contributed by atoms with Gasteiger partial charge in [-0.2, -0.15) is 0 Å². The first kappa shape index (κ1) is 18.9. The lowest BCUT2D eigenvalue weighted by atomic mass is 10.1. The number of carbonyl (C=O) groups excluding carboxylic acids is 3. The lowest BCUT2D eigenvalue weighted by Gasteiger charge is -2.09. The number of anilines is 2. The van der Waals surface area contributed by atoms with Crippen LogP contribution in [0.2, 0.25) is 0 Å². The molecule has 2 aromatic rings. The number of amides is 3. The molecule has 0 aliphatic rings. The van der Waals surface area contributed by atoms with Gasteiger partial charge in [0.15, 0.2) is 0 Å². The molecule has 3 amide bonds. The summed E-state index contributed by atoms with van der Waals surface area (Å²) in [5, 5.41) is 5.39. The van der Waals surface area contributed by atoms with Crippen LogP contribution < -0.4 is 10.6 Å². The van der Waals surface area contributed by atoms with Gasteiger partial charge in [-0.1, -0.05) is 18.2 Å². The predicted octanol–water partition coefficient (Wildman–Crippen LogP) is 3.00. The fraction of sp³-hybridized carbons (Fsp3) is 0.150. The van der Waals surface area contributed by atoms with Crippen molar-refractivity contribution in [1.29, 1.82) is 0 Å². The van der Waals surface area contributed by atoms with Crippen molar-refractivity contribution < 1.29 is 14.4 Å². The zero-order valence-electron chi connectivity index (χ0n) is 14.9. The van der Waals surface area contributed by atoms with E-state index in [0.717, 1.165) is 5.56 Å². The number of nitrogens with one attached hydrogen (secondary N) is 2. The van der Waals surface area contributed by atoms with Gasteiger partial charge in [-0.3, -0.25) is 14.4 Å². The van der Waals surface area contributed by atoms with Gasteiger partial charge in [0.2, 0.25) is 11.8 Å². The minimum Gasteiger partial charge on any atom is -0.345 e. The summed E-state index contributed by atoms with van der Waals surface area (Å²) in [6.45, 7) is 1.42. The van der Waals surface area contributed by atoms with Crippen molar-refractivity contribution in [3.05, 3.63) is 65.7 Å². The van der Waals surface area contributed by atoms with E-state index in [-0.39, 0.29) is 17.7 Å². The largest absolute Gasteiger partial charge is 0.345 e. The Balaban J connectivity index is 1.99. The zero-order valence-corrected chi connectivity index (χ0v) is 14.9. The van der Waals surface area contributed by atoms with Gasteiger partial charge >= 0.3 is 0 Å². The smallest absolute Gasteiger partial charge is 0.253 e. The van der Waals surface area contributed by atoms with E-state index < -0.39 is 0 Å². The van der Waals surface area contributed by atoms with E-state index in [9.17, 15) is 14.4 Å². The first-order chi connectivity index (χ1) is 12.3. The van der Waals surface area contributed by atoms with Crippen LogP contribution in [0, 0.1) is 0 Å². The van der Waals surface area contributed by atoms with Crippen LogP contribution >= 0.6 is 0 Å². The Morgan fingerprint density at radius 3 is 2.12 bits per heavy atom. The third-order valence-electron chi connectivity index (χ3n) is 3.44. The van der Waals surface area contributed by atoms with E-state index in [4.69, 9.17) is 0 Å². The van der Waals surface area contributed by atoms with Crippen LogP contribution in [0.1, 0.15) is 22.8 Å². The first-order valence-corrected chi connectivity index (χ1v) is 8.03. The molecule has 0 unspecified atom stereocenters. The topological polar surface area (TPSA) is 78.5 Å². The summed E-state index contributed by atoms with van der Waals surface area (Å²) >= 11 is 0. The zero-order chi connectivity index (χ0) is 19.1. The molecule has 134 valence electrons. The highest BCUT2D eigenvalue weighted by atomic mass is 16.2. The van der Waals surface area contributed by atoms with Gasteiger partial charge in [-0.05, 0) is 42.0 Å². The average Bonchev–Trinajstić information content (AvgIpc) is 2.59. The molecular formula is C20H21N3O3. The molecule has 0 bridgehead atoms. The van der Waals surface area contributed by atoms with Crippen LogP contribution in [0.15, 0.2) is 54.6 Å². The third-order valence-corrected chi connectivity index (χ3v) is 3.44. The summed E-state index contributed by atoms with van der Waals surface area (Å²) in [5.74, 6) is -0.541. The Morgan fingerprint density at radius 2 is 1.54 bits per heavy atom. The van der Waals surface area contributed by atoms with Crippen LogP contribution in [0.25, 0.3) is 6.08 Å². The Bertz CT molecular complexity index is 840. The lowest BCUT2D eigenvalue weighted by Crippen LogP contribution is -2.21. The minimum absolute atomic E-state index is 0.0719. The highest BCUT2D eigenvalue weighted by Crippen LogP contribution is 2.15. The van der Waals surface area contributed by atoms with Gasteiger partial charge < -0.3 is 15.5 Å². The SMILES string of the molecule is CC(=O)Nc1cccc(NC(=O)/C=C/c2ccc(C(=O)N(C)C)cc2)c1. The number of carbonyl (C=O) groups is 3. The summed E-state index contributed by atoms with van der Waals surface area (Å²) in [6.07, 6.45) is 3.07. The number of nitrogens with zero attached hydrogens (tertiary/aromatic N) is 1. The van der Waals surface area contributed by atoms with Crippen molar-refractivity contribution in [2.75, 3.05) is 24.7 Å². The van der Waals surface area contributed by atoms with Crippen molar-refractivity contribution in [2.45, 2.75) is 6.92 Å². The summed E-state index contributed by atoms with van der Waals surface area (Å²) in [7, 11) is 3.39. The van der Waals surface area contributed by atoms with E-state index in [1.165, 1.54) is 17.9 Å². The molecule has 0 aliphatic carbocycles. The van der Waals surface area contributed by atoms with Crippen molar-refractivity contribution in [2.24, 2.45) is 0 Å². The normalized spacial score (nSPS) is 10.4. The molecule has 6 heteroatoms. The monoisotopic (exact) mass is 351 g/mol. The second-order valence-electron chi connectivity index (χ2n) is 5.91. The molecule has 2 N–H and O–H groups in total. The van der Waals surface area contributed by atoms with Crippen molar-refractivity contribution in [3.8, 4) is 0 Å². The van der Waals surface area contributed by atoms with Gasteiger partial charge in [0.05, 0.1) is 0 Å². The molecule has 0 spiro atoms. The van der Waals surface area contributed by atoms with E-state index in [0.29, 0.717) is 16.9 Å². The molecule has 0 fully saturated rings. The predicted molar refractivity (Wildman–Crippen MR) is 103 cm³/mol. The van der Waals surface area contributed by atoms with Crippen LogP contribution in [0.3, 0.4) is 0 Å².